The topological polar surface area (TPSA) is 15.3 Å². The molecule has 1 saturated heterocycles. The second kappa shape index (κ2) is 5.95. The standard InChI is InChI=1S/C14H17ClN2/c1-2-9-17-10-7-14(8-11-17)16-13-5-3-12(15)4-6-13/h1,3-6,14,16H,7-11H2. The summed E-state index contributed by atoms with van der Waals surface area (Å²) in [5.74, 6) is 2.70. The average molecular weight is 249 g/mol. The van der Waals surface area contributed by atoms with Gasteiger partial charge in [0.1, 0.15) is 0 Å². The number of hydrogen-bond acceptors (Lipinski definition) is 2. The Kier molecular flexibility index (Phi) is 4.30. The lowest BCUT2D eigenvalue weighted by Gasteiger charge is -2.31. The Balaban J connectivity index is 1.82. The van der Waals surface area contributed by atoms with Gasteiger partial charge in [-0.1, -0.05) is 17.5 Å². The van der Waals surface area contributed by atoms with E-state index in [0.29, 0.717) is 6.04 Å². The highest BCUT2D eigenvalue weighted by Crippen LogP contribution is 2.18. The third-order valence-corrected chi connectivity index (χ3v) is 3.37. The minimum Gasteiger partial charge on any atom is -0.382 e. The van der Waals surface area contributed by atoms with E-state index in [4.69, 9.17) is 18.0 Å². The summed E-state index contributed by atoms with van der Waals surface area (Å²) in [7, 11) is 0. The van der Waals surface area contributed by atoms with Crippen LogP contribution in [0.1, 0.15) is 12.8 Å². The van der Waals surface area contributed by atoms with E-state index in [-0.39, 0.29) is 0 Å². The van der Waals surface area contributed by atoms with Gasteiger partial charge in [0.25, 0.3) is 0 Å². The van der Waals surface area contributed by atoms with E-state index < -0.39 is 0 Å². The first kappa shape index (κ1) is 12.3. The molecule has 1 aliphatic heterocycles. The van der Waals surface area contributed by atoms with Gasteiger partial charge in [0.2, 0.25) is 0 Å². The van der Waals surface area contributed by atoms with Crippen LogP contribution in [0, 0.1) is 12.3 Å². The zero-order valence-corrected chi connectivity index (χ0v) is 10.6. The smallest absolute Gasteiger partial charge is 0.0598 e. The Morgan fingerprint density at radius 2 is 1.94 bits per heavy atom. The van der Waals surface area contributed by atoms with Crippen LogP contribution in [-0.2, 0) is 0 Å². The second-order valence-corrected chi connectivity index (χ2v) is 4.84. The minimum atomic E-state index is 0.546. The molecule has 3 heteroatoms. The molecule has 2 rings (SSSR count). The van der Waals surface area contributed by atoms with Gasteiger partial charge in [0.05, 0.1) is 6.54 Å². The molecule has 0 saturated carbocycles. The molecular formula is C14H17ClN2. The number of rotatable bonds is 3. The van der Waals surface area contributed by atoms with Crippen molar-refractivity contribution >= 4 is 17.3 Å². The Hall–Kier alpha value is -1.17. The third-order valence-electron chi connectivity index (χ3n) is 3.12. The maximum absolute atomic E-state index is 5.86. The van der Waals surface area contributed by atoms with E-state index in [1.54, 1.807) is 0 Å². The van der Waals surface area contributed by atoms with E-state index in [0.717, 1.165) is 43.2 Å². The number of terminal acetylenes is 1. The Bertz CT molecular complexity index is 386. The maximum atomic E-state index is 5.86. The summed E-state index contributed by atoms with van der Waals surface area (Å²) in [6.45, 7) is 2.93. The number of likely N-dealkylation sites (tertiary alicyclic amines) is 1. The van der Waals surface area contributed by atoms with Crippen molar-refractivity contribution in [1.29, 1.82) is 0 Å². The average Bonchev–Trinajstić information content (AvgIpc) is 2.35. The van der Waals surface area contributed by atoms with Gasteiger partial charge in [-0.2, -0.15) is 0 Å². The molecule has 17 heavy (non-hydrogen) atoms. The van der Waals surface area contributed by atoms with Crippen LogP contribution < -0.4 is 5.32 Å². The Morgan fingerprint density at radius 1 is 1.29 bits per heavy atom. The van der Waals surface area contributed by atoms with Crippen LogP contribution in [0.25, 0.3) is 0 Å². The van der Waals surface area contributed by atoms with E-state index in [1.807, 2.05) is 24.3 Å². The highest BCUT2D eigenvalue weighted by Gasteiger charge is 2.17. The van der Waals surface area contributed by atoms with Crippen molar-refractivity contribution in [2.24, 2.45) is 0 Å². The number of hydrogen-bond donors (Lipinski definition) is 1. The van der Waals surface area contributed by atoms with Gasteiger partial charge in [-0.05, 0) is 37.1 Å². The zero-order valence-electron chi connectivity index (χ0n) is 9.82. The van der Waals surface area contributed by atoms with Crippen LogP contribution in [-0.4, -0.2) is 30.6 Å². The predicted octanol–water partition coefficient (Wildman–Crippen LogP) is 2.85. The van der Waals surface area contributed by atoms with Gasteiger partial charge >= 0.3 is 0 Å². The molecule has 1 aromatic carbocycles. The van der Waals surface area contributed by atoms with Crippen LogP contribution in [0.4, 0.5) is 5.69 Å². The lowest BCUT2D eigenvalue weighted by Crippen LogP contribution is -2.39. The van der Waals surface area contributed by atoms with Crippen LogP contribution in [0.3, 0.4) is 0 Å². The molecule has 1 heterocycles. The minimum absolute atomic E-state index is 0.546. The molecule has 0 radical (unpaired) electrons. The fraction of sp³-hybridized carbons (Fsp3) is 0.429. The molecule has 90 valence electrons. The maximum Gasteiger partial charge on any atom is 0.0598 e. The molecule has 0 amide bonds. The van der Waals surface area contributed by atoms with E-state index in [1.165, 1.54) is 0 Å². The fourth-order valence-corrected chi connectivity index (χ4v) is 2.27. The number of piperidine rings is 1. The fourth-order valence-electron chi connectivity index (χ4n) is 2.15. The van der Waals surface area contributed by atoms with Gasteiger partial charge in [0.15, 0.2) is 0 Å². The second-order valence-electron chi connectivity index (χ2n) is 4.41. The largest absolute Gasteiger partial charge is 0.382 e. The summed E-state index contributed by atoms with van der Waals surface area (Å²) < 4.78 is 0. The number of halogens is 1. The first-order chi connectivity index (χ1) is 8.28. The first-order valence-corrected chi connectivity index (χ1v) is 6.33. The molecule has 2 nitrogen and oxygen atoms in total. The summed E-state index contributed by atoms with van der Waals surface area (Å²) in [5, 5.41) is 4.31. The Morgan fingerprint density at radius 3 is 2.53 bits per heavy atom. The lowest BCUT2D eigenvalue weighted by molar-refractivity contribution is 0.243. The SMILES string of the molecule is C#CCN1CCC(Nc2ccc(Cl)cc2)CC1. The molecule has 0 aromatic heterocycles. The monoisotopic (exact) mass is 248 g/mol. The summed E-state index contributed by atoms with van der Waals surface area (Å²) in [5.41, 5.74) is 1.14. The predicted molar refractivity (Wildman–Crippen MR) is 73.4 cm³/mol. The molecule has 1 aliphatic rings. The molecule has 0 aliphatic carbocycles. The van der Waals surface area contributed by atoms with Crippen LogP contribution >= 0.6 is 11.6 Å². The number of anilines is 1. The van der Waals surface area contributed by atoms with Crippen molar-refractivity contribution in [1.82, 2.24) is 4.90 Å². The van der Waals surface area contributed by atoms with Gasteiger partial charge in [0, 0.05) is 29.8 Å². The van der Waals surface area contributed by atoms with Crippen molar-refractivity contribution in [2.75, 3.05) is 25.0 Å². The summed E-state index contributed by atoms with van der Waals surface area (Å²) in [6.07, 6.45) is 7.60. The van der Waals surface area contributed by atoms with Gasteiger partial charge in [-0.25, -0.2) is 0 Å². The van der Waals surface area contributed by atoms with E-state index in [2.05, 4.69) is 16.1 Å². The molecule has 0 spiro atoms. The molecule has 1 N–H and O–H groups in total. The first-order valence-electron chi connectivity index (χ1n) is 5.96. The van der Waals surface area contributed by atoms with Crippen molar-refractivity contribution < 1.29 is 0 Å². The van der Waals surface area contributed by atoms with Gasteiger partial charge in [-0.15, -0.1) is 6.42 Å². The van der Waals surface area contributed by atoms with Crippen LogP contribution in [0.2, 0.25) is 5.02 Å². The van der Waals surface area contributed by atoms with Gasteiger partial charge in [-0.3, -0.25) is 4.90 Å². The zero-order chi connectivity index (χ0) is 12.1. The van der Waals surface area contributed by atoms with Crippen molar-refractivity contribution in [3.05, 3.63) is 29.3 Å². The molecule has 0 atom stereocenters. The number of nitrogens with zero attached hydrogens (tertiary/aromatic N) is 1. The van der Waals surface area contributed by atoms with Gasteiger partial charge < -0.3 is 5.32 Å². The Labute approximate surface area is 108 Å². The summed E-state index contributed by atoms with van der Waals surface area (Å²) in [4.78, 5) is 2.32. The molecule has 0 bridgehead atoms. The summed E-state index contributed by atoms with van der Waals surface area (Å²) in [6, 6.07) is 8.42. The normalized spacial score (nSPS) is 17.6. The molecular weight excluding hydrogens is 232 g/mol. The van der Waals surface area contributed by atoms with Crippen molar-refractivity contribution in [3.8, 4) is 12.3 Å². The van der Waals surface area contributed by atoms with Crippen LogP contribution in [0.5, 0.6) is 0 Å². The molecule has 0 unspecified atom stereocenters. The molecule has 1 aromatic rings. The van der Waals surface area contributed by atoms with Crippen molar-refractivity contribution in [3.63, 3.8) is 0 Å². The summed E-state index contributed by atoms with van der Waals surface area (Å²) >= 11 is 5.86. The van der Waals surface area contributed by atoms with E-state index in [9.17, 15) is 0 Å². The quantitative estimate of drug-likeness (QED) is 0.828. The van der Waals surface area contributed by atoms with Crippen LogP contribution in [0.15, 0.2) is 24.3 Å². The molecule has 1 fully saturated rings. The number of benzene rings is 1. The highest BCUT2D eigenvalue weighted by atomic mass is 35.5. The van der Waals surface area contributed by atoms with Crippen molar-refractivity contribution in [2.45, 2.75) is 18.9 Å². The lowest BCUT2D eigenvalue weighted by atomic mass is 10.0. The number of nitrogens with one attached hydrogen (secondary N) is 1. The highest BCUT2D eigenvalue weighted by molar-refractivity contribution is 6.30. The van der Waals surface area contributed by atoms with E-state index >= 15 is 0 Å². The third kappa shape index (κ3) is 3.66.